The highest BCUT2D eigenvalue weighted by Gasteiger charge is 2.05. The fraction of sp³-hybridized carbons (Fsp3) is 0.0909. The van der Waals surface area contributed by atoms with E-state index in [2.05, 4.69) is 15.9 Å². The van der Waals surface area contributed by atoms with Crippen LogP contribution in [0, 0.1) is 0 Å². The normalized spacial score (nSPS) is 10.7. The summed E-state index contributed by atoms with van der Waals surface area (Å²) in [6.07, 6.45) is 0. The smallest absolute Gasteiger partial charge is 0.120 e. The van der Waals surface area contributed by atoms with E-state index in [-0.39, 0.29) is 5.75 Å². The third-order valence-electron chi connectivity index (χ3n) is 2.20. The van der Waals surface area contributed by atoms with Crippen LogP contribution in [0.15, 0.2) is 34.8 Å². The summed E-state index contributed by atoms with van der Waals surface area (Å²) in [6, 6.07) is 9.46. The highest BCUT2D eigenvalue weighted by atomic mass is 79.9. The predicted octanol–water partition coefficient (Wildman–Crippen LogP) is 4.05. The van der Waals surface area contributed by atoms with Crippen molar-refractivity contribution in [3.05, 3.63) is 40.4 Å². The van der Waals surface area contributed by atoms with Crippen LogP contribution in [0.1, 0.15) is 5.56 Å². The molecule has 0 atom stereocenters. The maximum atomic E-state index is 9.58. The number of phenolic OH excluding ortho intramolecular Hbond substituents is 1. The van der Waals surface area contributed by atoms with Crippen LogP contribution in [-0.2, 0) is 5.88 Å². The summed E-state index contributed by atoms with van der Waals surface area (Å²) in [5.41, 5.74) is 0.789. The highest BCUT2D eigenvalue weighted by molar-refractivity contribution is 9.10. The van der Waals surface area contributed by atoms with Crippen molar-refractivity contribution in [2.75, 3.05) is 0 Å². The van der Waals surface area contributed by atoms with E-state index in [1.54, 1.807) is 6.07 Å². The standard InChI is InChI=1S/C11H8BrClO/c12-8-2-3-9-7(5-8)1-4-11(14)10(9)6-13/h1-5,14H,6H2. The molecule has 1 N–H and O–H groups in total. The Labute approximate surface area is 95.4 Å². The minimum Gasteiger partial charge on any atom is -0.508 e. The number of alkyl halides is 1. The van der Waals surface area contributed by atoms with E-state index < -0.39 is 0 Å². The number of hydrogen-bond acceptors (Lipinski definition) is 1. The molecule has 0 spiro atoms. The summed E-state index contributed by atoms with van der Waals surface area (Å²) in [5.74, 6) is 0.583. The van der Waals surface area contributed by atoms with Crippen molar-refractivity contribution >= 4 is 38.3 Å². The van der Waals surface area contributed by atoms with Gasteiger partial charge in [0, 0.05) is 10.0 Å². The van der Waals surface area contributed by atoms with Gasteiger partial charge >= 0.3 is 0 Å². The van der Waals surface area contributed by atoms with Gasteiger partial charge in [-0.15, -0.1) is 11.6 Å². The van der Waals surface area contributed by atoms with E-state index in [0.29, 0.717) is 5.88 Å². The first-order valence-corrected chi connectivity index (χ1v) is 5.51. The molecule has 0 aliphatic rings. The van der Waals surface area contributed by atoms with Crippen LogP contribution in [0.4, 0.5) is 0 Å². The molecule has 72 valence electrons. The zero-order valence-corrected chi connectivity index (χ0v) is 9.64. The van der Waals surface area contributed by atoms with Crippen molar-refractivity contribution in [3.63, 3.8) is 0 Å². The molecular formula is C11H8BrClO. The summed E-state index contributed by atoms with van der Waals surface area (Å²) >= 11 is 9.18. The number of phenols is 1. The number of hydrogen-bond donors (Lipinski definition) is 1. The Hall–Kier alpha value is -0.730. The maximum Gasteiger partial charge on any atom is 0.120 e. The van der Waals surface area contributed by atoms with Gasteiger partial charge in [-0.1, -0.05) is 28.1 Å². The molecule has 0 amide bonds. The Morgan fingerprint density at radius 3 is 2.71 bits per heavy atom. The highest BCUT2D eigenvalue weighted by Crippen LogP contribution is 2.30. The van der Waals surface area contributed by atoms with Crippen molar-refractivity contribution in [1.29, 1.82) is 0 Å². The molecule has 0 fully saturated rings. The van der Waals surface area contributed by atoms with Gasteiger partial charge in [-0.2, -0.15) is 0 Å². The van der Waals surface area contributed by atoms with Crippen LogP contribution < -0.4 is 0 Å². The first-order valence-electron chi connectivity index (χ1n) is 4.18. The lowest BCUT2D eigenvalue weighted by molar-refractivity contribution is 0.471. The van der Waals surface area contributed by atoms with Crippen LogP contribution in [0.25, 0.3) is 10.8 Å². The summed E-state index contributed by atoms with van der Waals surface area (Å²) in [7, 11) is 0. The van der Waals surface area contributed by atoms with Crippen molar-refractivity contribution in [1.82, 2.24) is 0 Å². The quantitative estimate of drug-likeness (QED) is 0.776. The van der Waals surface area contributed by atoms with Crippen molar-refractivity contribution < 1.29 is 5.11 Å². The molecule has 14 heavy (non-hydrogen) atoms. The van der Waals surface area contributed by atoms with Crippen LogP contribution in [0.5, 0.6) is 5.75 Å². The molecule has 0 saturated carbocycles. The number of aromatic hydroxyl groups is 1. The zero-order valence-electron chi connectivity index (χ0n) is 7.30. The molecular weight excluding hydrogens is 263 g/mol. The Kier molecular flexibility index (Phi) is 2.66. The fourth-order valence-corrected chi connectivity index (χ4v) is 2.15. The molecule has 0 heterocycles. The molecule has 2 aromatic carbocycles. The number of halogens is 2. The van der Waals surface area contributed by atoms with Crippen LogP contribution in [-0.4, -0.2) is 5.11 Å². The van der Waals surface area contributed by atoms with Gasteiger partial charge in [-0.25, -0.2) is 0 Å². The lowest BCUT2D eigenvalue weighted by Gasteiger charge is -2.06. The van der Waals surface area contributed by atoms with E-state index in [9.17, 15) is 5.11 Å². The second-order valence-corrected chi connectivity index (χ2v) is 4.25. The summed E-state index contributed by atoms with van der Waals surface area (Å²) in [4.78, 5) is 0. The van der Waals surface area contributed by atoms with E-state index in [4.69, 9.17) is 11.6 Å². The fourth-order valence-electron chi connectivity index (χ4n) is 1.49. The minimum atomic E-state index is 0.259. The monoisotopic (exact) mass is 270 g/mol. The molecule has 2 rings (SSSR count). The van der Waals surface area contributed by atoms with Gasteiger partial charge < -0.3 is 5.11 Å². The van der Waals surface area contributed by atoms with E-state index in [1.165, 1.54) is 0 Å². The Bertz CT molecular complexity index is 482. The lowest BCUT2D eigenvalue weighted by atomic mass is 10.0. The molecule has 0 aliphatic heterocycles. The molecule has 0 aliphatic carbocycles. The SMILES string of the molecule is Oc1ccc2cc(Br)ccc2c1CCl. The summed E-state index contributed by atoms with van der Waals surface area (Å²) in [6.45, 7) is 0. The third kappa shape index (κ3) is 1.60. The van der Waals surface area contributed by atoms with Gasteiger partial charge in [-0.05, 0) is 29.0 Å². The van der Waals surface area contributed by atoms with Crippen molar-refractivity contribution in [3.8, 4) is 5.75 Å². The van der Waals surface area contributed by atoms with Crippen LogP contribution in [0.2, 0.25) is 0 Å². The molecule has 0 radical (unpaired) electrons. The minimum absolute atomic E-state index is 0.259. The molecule has 2 aromatic rings. The van der Waals surface area contributed by atoms with E-state index in [1.807, 2.05) is 24.3 Å². The third-order valence-corrected chi connectivity index (χ3v) is 2.96. The number of rotatable bonds is 1. The summed E-state index contributed by atoms with van der Waals surface area (Å²) in [5, 5.41) is 11.7. The maximum absolute atomic E-state index is 9.58. The van der Waals surface area contributed by atoms with E-state index in [0.717, 1.165) is 20.8 Å². The average molecular weight is 272 g/mol. The van der Waals surface area contributed by atoms with Crippen molar-refractivity contribution in [2.45, 2.75) is 5.88 Å². The largest absolute Gasteiger partial charge is 0.508 e. The van der Waals surface area contributed by atoms with Gasteiger partial charge in [0.2, 0.25) is 0 Å². The van der Waals surface area contributed by atoms with E-state index >= 15 is 0 Å². The molecule has 3 heteroatoms. The second-order valence-electron chi connectivity index (χ2n) is 3.06. The van der Waals surface area contributed by atoms with Gasteiger partial charge in [0.25, 0.3) is 0 Å². The molecule has 0 bridgehead atoms. The Morgan fingerprint density at radius 2 is 2.00 bits per heavy atom. The van der Waals surface area contributed by atoms with Gasteiger partial charge in [-0.3, -0.25) is 0 Å². The first-order chi connectivity index (χ1) is 6.72. The van der Waals surface area contributed by atoms with Crippen LogP contribution >= 0.6 is 27.5 Å². The topological polar surface area (TPSA) is 20.2 Å². The Balaban J connectivity index is 2.82. The van der Waals surface area contributed by atoms with Gasteiger partial charge in [0.15, 0.2) is 0 Å². The molecule has 0 unspecified atom stereocenters. The lowest BCUT2D eigenvalue weighted by Crippen LogP contribution is -1.83. The Morgan fingerprint density at radius 1 is 1.21 bits per heavy atom. The number of benzene rings is 2. The second kappa shape index (κ2) is 3.79. The van der Waals surface area contributed by atoms with Gasteiger partial charge in [0.1, 0.15) is 5.75 Å². The first kappa shape index (κ1) is 9.81. The average Bonchev–Trinajstić information content (AvgIpc) is 2.18. The van der Waals surface area contributed by atoms with Crippen LogP contribution in [0.3, 0.4) is 0 Å². The molecule has 0 saturated heterocycles. The number of fused-ring (bicyclic) bond motifs is 1. The predicted molar refractivity (Wildman–Crippen MR) is 62.9 cm³/mol. The van der Waals surface area contributed by atoms with Gasteiger partial charge in [0.05, 0.1) is 5.88 Å². The molecule has 1 nitrogen and oxygen atoms in total. The summed E-state index contributed by atoms with van der Waals surface area (Å²) < 4.78 is 1.02. The van der Waals surface area contributed by atoms with Crippen molar-refractivity contribution in [2.24, 2.45) is 0 Å². The zero-order chi connectivity index (χ0) is 10.1. The molecule has 0 aromatic heterocycles.